The van der Waals surface area contributed by atoms with Crippen LogP contribution in [0.1, 0.15) is 40.0 Å². The van der Waals surface area contributed by atoms with Crippen LogP contribution in [0, 0.1) is 6.92 Å². The molecule has 1 aromatic heterocycles. The Morgan fingerprint density at radius 2 is 1.84 bits per heavy atom. The lowest BCUT2D eigenvalue weighted by Crippen LogP contribution is -2.38. The molecule has 132 valence electrons. The van der Waals surface area contributed by atoms with E-state index in [-0.39, 0.29) is 18.4 Å². The molecule has 0 fully saturated rings. The van der Waals surface area contributed by atoms with Crippen molar-refractivity contribution >= 4 is 22.7 Å². The first kappa shape index (κ1) is 17.4. The van der Waals surface area contributed by atoms with Gasteiger partial charge in [-0.05, 0) is 50.3 Å². The number of hydrogen-bond donors (Lipinski definition) is 0. The Kier molecular flexibility index (Phi) is 4.75. The Balaban J connectivity index is 2.11. The average Bonchev–Trinajstić information content (AvgIpc) is 2.59. The van der Waals surface area contributed by atoms with Crippen molar-refractivity contribution in [1.29, 1.82) is 0 Å². The van der Waals surface area contributed by atoms with Gasteiger partial charge in [0.2, 0.25) is 5.91 Å². The first-order valence-corrected chi connectivity index (χ1v) is 8.76. The fraction of sp³-hybridized carbons (Fsp3) is 0.450. The SMILES string of the molecule is Cc1ccc2nc3c(c(C(=O)N(C)CC(=O)N(C)C)c2c1)CCCC3. The number of benzene rings is 1. The molecule has 0 N–H and O–H groups in total. The van der Waals surface area contributed by atoms with Crippen LogP contribution >= 0.6 is 0 Å². The van der Waals surface area contributed by atoms with Gasteiger partial charge in [0.15, 0.2) is 0 Å². The number of rotatable bonds is 3. The highest BCUT2D eigenvalue weighted by atomic mass is 16.2. The van der Waals surface area contributed by atoms with Crippen molar-refractivity contribution in [2.24, 2.45) is 0 Å². The van der Waals surface area contributed by atoms with E-state index >= 15 is 0 Å². The summed E-state index contributed by atoms with van der Waals surface area (Å²) in [6.45, 7) is 2.10. The standard InChI is InChI=1S/C20H25N3O2/c1-13-9-10-17-15(11-13)19(14-7-5-6-8-16(14)21-17)20(25)23(4)12-18(24)22(2)3/h9-11H,5-8,12H2,1-4H3. The lowest BCUT2D eigenvalue weighted by molar-refractivity contribution is -0.129. The molecule has 0 spiro atoms. The lowest BCUT2D eigenvalue weighted by atomic mass is 9.89. The molecule has 3 rings (SSSR count). The molecule has 2 amide bonds. The average molecular weight is 339 g/mol. The third-order valence-electron chi connectivity index (χ3n) is 4.85. The van der Waals surface area contributed by atoms with Crippen LogP contribution in [0.4, 0.5) is 0 Å². The van der Waals surface area contributed by atoms with Crippen molar-refractivity contribution in [2.75, 3.05) is 27.7 Å². The Bertz CT molecular complexity index is 842. The van der Waals surface area contributed by atoms with Crippen LogP contribution in [0.15, 0.2) is 18.2 Å². The van der Waals surface area contributed by atoms with Crippen molar-refractivity contribution in [3.05, 3.63) is 40.6 Å². The van der Waals surface area contributed by atoms with Gasteiger partial charge in [-0.1, -0.05) is 11.6 Å². The molecule has 1 aliphatic carbocycles. The van der Waals surface area contributed by atoms with Gasteiger partial charge in [-0.15, -0.1) is 0 Å². The van der Waals surface area contributed by atoms with E-state index in [1.54, 1.807) is 21.1 Å². The number of hydrogen-bond acceptors (Lipinski definition) is 3. The molecule has 0 aliphatic heterocycles. The summed E-state index contributed by atoms with van der Waals surface area (Å²) in [4.78, 5) is 33.1. The van der Waals surface area contributed by atoms with E-state index in [1.807, 2.05) is 25.1 Å². The molecule has 1 heterocycles. The molecule has 2 aromatic rings. The molecule has 1 aromatic carbocycles. The number of carbonyl (C=O) groups is 2. The van der Waals surface area contributed by atoms with Gasteiger partial charge in [0, 0.05) is 32.2 Å². The van der Waals surface area contributed by atoms with E-state index < -0.39 is 0 Å². The van der Waals surface area contributed by atoms with Gasteiger partial charge in [-0.3, -0.25) is 14.6 Å². The van der Waals surface area contributed by atoms with Crippen LogP contribution in [-0.4, -0.2) is 54.3 Å². The number of aromatic nitrogens is 1. The summed E-state index contributed by atoms with van der Waals surface area (Å²) in [5.74, 6) is -0.175. The quantitative estimate of drug-likeness (QED) is 0.864. The summed E-state index contributed by atoms with van der Waals surface area (Å²) in [5, 5.41) is 0.898. The highest BCUT2D eigenvalue weighted by molar-refractivity contribution is 6.08. The summed E-state index contributed by atoms with van der Waals surface area (Å²) in [5.41, 5.74) is 4.81. The molecule has 25 heavy (non-hydrogen) atoms. The number of amides is 2. The van der Waals surface area contributed by atoms with Crippen LogP contribution in [0.3, 0.4) is 0 Å². The second-order valence-electron chi connectivity index (χ2n) is 7.09. The van der Waals surface area contributed by atoms with Gasteiger partial charge in [0.25, 0.3) is 5.91 Å². The third kappa shape index (κ3) is 3.36. The fourth-order valence-electron chi connectivity index (χ4n) is 3.39. The minimum absolute atomic E-state index is 0.0796. The molecule has 5 nitrogen and oxygen atoms in total. The third-order valence-corrected chi connectivity index (χ3v) is 4.85. The summed E-state index contributed by atoms with van der Waals surface area (Å²) in [7, 11) is 5.10. The zero-order chi connectivity index (χ0) is 18.1. The first-order valence-electron chi connectivity index (χ1n) is 8.76. The lowest BCUT2D eigenvalue weighted by Gasteiger charge is -2.24. The summed E-state index contributed by atoms with van der Waals surface area (Å²) >= 11 is 0. The number of fused-ring (bicyclic) bond motifs is 2. The van der Waals surface area contributed by atoms with E-state index in [4.69, 9.17) is 4.98 Å². The molecule has 0 bridgehead atoms. The highest BCUT2D eigenvalue weighted by Crippen LogP contribution is 2.30. The molecular weight excluding hydrogens is 314 g/mol. The van der Waals surface area contributed by atoms with Gasteiger partial charge in [0.1, 0.15) is 0 Å². The molecular formula is C20H25N3O2. The van der Waals surface area contributed by atoms with Crippen molar-refractivity contribution in [1.82, 2.24) is 14.8 Å². The maximum Gasteiger partial charge on any atom is 0.255 e. The minimum Gasteiger partial charge on any atom is -0.347 e. The largest absolute Gasteiger partial charge is 0.347 e. The van der Waals surface area contributed by atoms with E-state index in [0.29, 0.717) is 0 Å². The number of carbonyl (C=O) groups excluding carboxylic acids is 2. The smallest absolute Gasteiger partial charge is 0.255 e. The Morgan fingerprint density at radius 3 is 2.56 bits per heavy atom. The molecule has 0 saturated carbocycles. The molecule has 0 unspecified atom stereocenters. The summed E-state index contributed by atoms with van der Waals surface area (Å²) < 4.78 is 0. The van der Waals surface area contributed by atoms with Crippen LogP contribution < -0.4 is 0 Å². The van der Waals surface area contributed by atoms with Gasteiger partial charge in [-0.25, -0.2) is 0 Å². The molecule has 5 heteroatoms. The normalized spacial score (nSPS) is 13.4. The maximum atomic E-state index is 13.2. The molecule has 0 atom stereocenters. The fourth-order valence-corrected chi connectivity index (χ4v) is 3.39. The van der Waals surface area contributed by atoms with Gasteiger partial charge >= 0.3 is 0 Å². The second kappa shape index (κ2) is 6.82. The molecule has 1 aliphatic rings. The number of pyridine rings is 1. The van der Waals surface area contributed by atoms with Crippen LogP contribution in [0.5, 0.6) is 0 Å². The second-order valence-corrected chi connectivity index (χ2v) is 7.09. The minimum atomic E-state index is -0.0913. The van der Waals surface area contributed by atoms with Crippen molar-refractivity contribution < 1.29 is 9.59 Å². The molecule has 0 saturated heterocycles. The maximum absolute atomic E-state index is 13.2. The Hall–Kier alpha value is -2.43. The van der Waals surface area contributed by atoms with Crippen molar-refractivity contribution in [3.8, 4) is 0 Å². The van der Waals surface area contributed by atoms with Crippen molar-refractivity contribution in [2.45, 2.75) is 32.6 Å². The number of aryl methyl sites for hydroxylation is 2. The van der Waals surface area contributed by atoms with E-state index in [2.05, 4.69) is 0 Å². The zero-order valence-electron chi connectivity index (χ0n) is 15.4. The first-order chi connectivity index (χ1) is 11.9. The topological polar surface area (TPSA) is 53.5 Å². The zero-order valence-corrected chi connectivity index (χ0v) is 15.4. The van der Waals surface area contributed by atoms with E-state index in [9.17, 15) is 9.59 Å². The Morgan fingerprint density at radius 1 is 1.12 bits per heavy atom. The van der Waals surface area contributed by atoms with Crippen LogP contribution in [0.25, 0.3) is 10.9 Å². The molecule has 0 radical (unpaired) electrons. The van der Waals surface area contributed by atoms with E-state index in [1.165, 1.54) is 9.80 Å². The van der Waals surface area contributed by atoms with E-state index in [0.717, 1.165) is 59.0 Å². The van der Waals surface area contributed by atoms with Crippen LogP contribution in [0.2, 0.25) is 0 Å². The van der Waals surface area contributed by atoms with Crippen LogP contribution in [-0.2, 0) is 17.6 Å². The predicted molar refractivity (Wildman–Crippen MR) is 98.8 cm³/mol. The summed E-state index contributed by atoms with van der Waals surface area (Å²) in [6.07, 6.45) is 3.98. The number of nitrogens with zero attached hydrogens (tertiary/aromatic N) is 3. The summed E-state index contributed by atoms with van der Waals surface area (Å²) in [6, 6.07) is 6.05. The van der Waals surface area contributed by atoms with Gasteiger partial charge in [0.05, 0.1) is 17.6 Å². The monoisotopic (exact) mass is 339 g/mol. The number of likely N-dealkylation sites (N-methyl/N-ethyl adjacent to an activating group) is 2. The van der Waals surface area contributed by atoms with Gasteiger partial charge in [-0.2, -0.15) is 0 Å². The Labute approximate surface area is 148 Å². The van der Waals surface area contributed by atoms with Crippen molar-refractivity contribution in [3.63, 3.8) is 0 Å². The van der Waals surface area contributed by atoms with Gasteiger partial charge < -0.3 is 9.80 Å². The highest BCUT2D eigenvalue weighted by Gasteiger charge is 2.25. The predicted octanol–water partition coefficient (Wildman–Crippen LogP) is 2.58.